The van der Waals surface area contributed by atoms with Gasteiger partial charge < -0.3 is 15.3 Å². The van der Waals surface area contributed by atoms with E-state index < -0.39 is 11.5 Å². The molecular formula is C22H31N3O4. The van der Waals surface area contributed by atoms with Crippen LogP contribution in [0.3, 0.4) is 0 Å². The van der Waals surface area contributed by atoms with Gasteiger partial charge in [-0.15, -0.1) is 0 Å². The molecule has 0 aliphatic carbocycles. The van der Waals surface area contributed by atoms with Crippen LogP contribution < -0.4 is 5.32 Å². The fraction of sp³-hybridized carbons (Fsp3) is 0.591. The molecule has 29 heavy (non-hydrogen) atoms. The van der Waals surface area contributed by atoms with Crippen LogP contribution in [0.15, 0.2) is 24.3 Å². The molecule has 2 aliphatic rings. The van der Waals surface area contributed by atoms with E-state index in [0.29, 0.717) is 45.2 Å². The molecule has 0 bridgehead atoms. The largest absolute Gasteiger partial charge is 0.481 e. The van der Waals surface area contributed by atoms with Crippen LogP contribution in [-0.4, -0.2) is 64.4 Å². The molecule has 2 heterocycles. The number of hydrogen-bond donors (Lipinski definition) is 2. The highest BCUT2D eigenvalue weighted by atomic mass is 16.4. The first-order valence-corrected chi connectivity index (χ1v) is 10.4. The zero-order valence-electron chi connectivity index (χ0n) is 17.2. The van der Waals surface area contributed by atoms with Gasteiger partial charge in [0, 0.05) is 57.5 Å². The van der Waals surface area contributed by atoms with Gasteiger partial charge in [0.15, 0.2) is 0 Å². The minimum Gasteiger partial charge on any atom is -0.481 e. The molecule has 7 heteroatoms. The zero-order chi connectivity index (χ0) is 20.9. The quantitative estimate of drug-likeness (QED) is 0.695. The summed E-state index contributed by atoms with van der Waals surface area (Å²) in [5.74, 6) is -0.828. The lowest BCUT2D eigenvalue weighted by Crippen LogP contribution is -2.49. The number of hydrogen-bond acceptors (Lipinski definition) is 4. The smallest absolute Gasteiger partial charge is 0.303 e. The minimum atomic E-state index is -0.874. The second-order valence-corrected chi connectivity index (χ2v) is 8.37. The van der Waals surface area contributed by atoms with Gasteiger partial charge in [-0.05, 0) is 31.7 Å². The van der Waals surface area contributed by atoms with Gasteiger partial charge in [-0.25, -0.2) is 0 Å². The van der Waals surface area contributed by atoms with Crippen molar-refractivity contribution in [2.45, 2.75) is 57.5 Å². The van der Waals surface area contributed by atoms with Gasteiger partial charge in [-0.2, -0.15) is 0 Å². The number of aliphatic carboxylic acids is 1. The van der Waals surface area contributed by atoms with Gasteiger partial charge in [0.25, 0.3) is 0 Å². The second-order valence-electron chi connectivity index (χ2n) is 8.37. The first-order chi connectivity index (χ1) is 13.8. The highest BCUT2D eigenvalue weighted by molar-refractivity contribution is 5.80. The number of benzene rings is 1. The van der Waals surface area contributed by atoms with Gasteiger partial charge in [-0.1, -0.05) is 29.8 Å². The van der Waals surface area contributed by atoms with E-state index in [0.717, 1.165) is 19.6 Å². The Morgan fingerprint density at radius 2 is 1.86 bits per heavy atom. The molecule has 7 nitrogen and oxygen atoms in total. The van der Waals surface area contributed by atoms with Crippen molar-refractivity contribution in [2.75, 3.05) is 26.2 Å². The van der Waals surface area contributed by atoms with Crippen LogP contribution in [-0.2, 0) is 20.9 Å². The maximum atomic E-state index is 12.7. The van der Waals surface area contributed by atoms with Gasteiger partial charge >= 0.3 is 5.97 Å². The molecule has 2 saturated heterocycles. The first kappa shape index (κ1) is 21.3. The zero-order valence-corrected chi connectivity index (χ0v) is 17.2. The third kappa shape index (κ3) is 6.03. The van der Waals surface area contributed by atoms with E-state index >= 15 is 0 Å². The topological polar surface area (TPSA) is 90.0 Å². The molecule has 0 unspecified atom stereocenters. The van der Waals surface area contributed by atoms with Crippen molar-refractivity contribution < 1.29 is 19.5 Å². The SMILES string of the molecule is Cc1cccc(CN2CCN(C(=O)CC[C@]3(CCC(=O)O)CCC(=O)N3)CC2)c1. The van der Waals surface area contributed by atoms with E-state index in [1.54, 1.807) is 0 Å². The van der Waals surface area contributed by atoms with Crippen molar-refractivity contribution in [3.63, 3.8) is 0 Å². The normalized spacial score (nSPS) is 22.5. The van der Waals surface area contributed by atoms with Crippen molar-refractivity contribution in [3.05, 3.63) is 35.4 Å². The van der Waals surface area contributed by atoms with Crippen LogP contribution in [0.2, 0.25) is 0 Å². The Morgan fingerprint density at radius 3 is 2.48 bits per heavy atom. The molecule has 1 aromatic rings. The maximum absolute atomic E-state index is 12.7. The minimum absolute atomic E-state index is 0.00606. The molecular weight excluding hydrogens is 370 g/mol. The lowest BCUT2D eigenvalue weighted by atomic mass is 9.86. The predicted molar refractivity (Wildman–Crippen MR) is 109 cm³/mol. The summed E-state index contributed by atoms with van der Waals surface area (Å²) in [6, 6.07) is 8.50. The highest BCUT2D eigenvalue weighted by Crippen LogP contribution is 2.30. The summed E-state index contributed by atoms with van der Waals surface area (Å²) in [6.07, 6.45) is 2.26. The molecule has 0 radical (unpaired) electrons. The van der Waals surface area contributed by atoms with Crippen LogP contribution >= 0.6 is 0 Å². The van der Waals surface area contributed by atoms with Gasteiger partial charge in [-0.3, -0.25) is 19.3 Å². The number of piperazine rings is 1. The number of carboxylic acid groups (broad SMARTS) is 1. The Kier molecular flexibility index (Phi) is 6.90. The number of nitrogens with zero attached hydrogens (tertiary/aromatic N) is 2. The van der Waals surface area contributed by atoms with Crippen LogP contribution in [0.1, 0.15) is 49.7 Å². The summed E-state index contributed by atoms with van der Waals surface area (Å²) in [4.78, 5) is 39.6. The molecule has 2 amide bonds. The van der Waals surface area contributed by atoms with Gasteiger partial charge in [0.05, 0.1) is 0 Å². The molecule has 0 saturated carbocycles. The monoisotopic (exact) mass is 401 g/mol. The number of carbonyl (C=O) groups excluding carboxylic acids is 2. The van der Waals surface area contributed by atoms with Crippen molar-refractivity contribution in [3.8, 4) is 0 Å². The number of rotatable bonds is 8. The Morgan fingerprint density at radius 1 is 1.14 bits per heavy atom. The van der Waals surface area contributed by atoms with Crippen molar-refractivity contribution in [1.82, 2.24) is 15.1 Å². The highest BCUT2D eigenvalue weighted by Gasteiger charge is 2.38. The number of carboxylic acids is 1. The Bertz CT molecular complexity index is 758. The molecule has 1 aromatic carbocycles. The third-order valence-corrected chi connectivity index (χ3v) is 6.08. The summed E-state index contributed by atoms with van der Waals surface area (Å²) in [5.41, 5.74) is 2.01. The standard InChI is InChI=1S/C22H31N3O4/c1-17-3-2-4-18(15-17)16-24-11-13-25(14-12-24)20(27)6-9-22(10-7-21(28)29)8-5-19(26)23-22/h2-4,15H,5-14,16H2,1H3,(H,23,26)(H,28,29)/t22-/m0/s1. The lowest BCUT2D eigenvalue weighted by molar-refractivity contribution is -0.137. The molecule has 2 fully saturated rings. The number of nitrogens with one attached hydrogen (secondary N) is 1. The van der Waals surface area contributed by atoms with E-state index in [4.69, 9.17) is 5.11 Å². The lowest BCUT2D eigenvalue weighted by Gasteiger charge is -2.36. The predicted octanol–water partition coefficient (Wildman–Crippen LogP) is 1.93. The fourth-order valence-corrected chi connectivity index (χ4v) is 4.35. The van der Waals surface area contributed by atoms with Gasteiger partial charge in [0.1, 0.15) is 0 Å². The van der Waals surface area contributed by atoms with Crippen LogP contribution in [0.4, 0.5) is 0 Å². The van der Waals surface area contributed by atoms with Gasteiger partial charge in [0.2, 0.25) is 11.8 Å². The molecule has 1 atom stereocenters. The molecule has 0 aromatic heterocycles. The molecule has 158 valence electrons. The van der Waals surface area contributed by atoms with Crippen LogP contribution in [0.5, 0.6) is 0 Å². The summed E-state index contributed by atoms with van der Waals surface area (Å²) in [5, 5.41) is 11.9. The molecule has 3 rings (SSSR count). The summed E-state index contributed by atoms with van der Waals surface area (Å²) >= 11 is 0. The average molecular weight is 402 g/mol. The van der Waals surface area contributed by atoms with E-state index in [1.807, 2.05) is 4.90 Å². The molecule has 2 N–H and O–H groups in total. The summed E-state index contributed by atoms with van der Waals surface area (Å²) < 4.78 is 0. The van der Waals surface area contributed by atoms with Crippen molar-refractivity contribution in [1.29, 1.82) is 0 Å². The number of aryl methyl sites for hydroxylation is 1. The second kappa shape index (κ2) is 9.39. The van der Waals surface area contributed by atoms with E-state index in [2.05, 4.69) is 41.4 Å². The number of amides is 2. The fourth-order valence-electron chi connectivity index (χ4n) is 4.35. The van der Waals surface area contributed by atoms with Crippen LogP contribution in [0.25, 0.3) is 0 Å². The summed E-state index contributed by atoms with van der Waals surface area (Å²) in [7, 11) is 0. The van der Waals surface area contributed by atoms with E-state index in [1.165, 1.54) is 11.1 Å². The van der Waals surface area contributed by atoms with Crippen molar-refractivity contribution >= 4 is 17.8 Å². The third-order valence-electron chi connectivity index (χ3n) is 6.08. The first-order valence-electron chi connectivity index (χ1n) is 10.4. The average Bonchev–Trinajstić information content (AvgIpc) is 3.06. The van der Waals surface area contributed by atoms with Crippen LogP contribution in [0, 0.1) is 6.92 Å². The Labute approximate surface area is 172 Å². The Hall–Kier alpha value is -2.41. The summed E-state index contributed by atoms with van der Waals surface area (Å²) in [6.45, 7) is 6.10. The number of carbonyl (C=O) groups is 3. The van der Waals surface area contributed by atoms with E-state index in [9.17, 15) is 14.4 Å². The maximum Gasteiger partial charge on any atom is 0.303 e. The Balaban J connectivity index is 1.46. The van der Waals surface area contributed by atoms with E-state index in [-0.39, 0.29) is 18.2 Å². The molecule has 0 spiro atoms. The van der Waals surface area contributed by atoms with Crippen molar-refractivity contribution in [2.24, 2.45) is 0 Å². The molecule has 2 aliphatic heterocycles.